The fraction of sp³-hybridized carbons (Fsp3) is 0.312. The van der Waals surface area contributed by atoms with Crippen LogP contribution in [0.4, 0.5) is 0 Å². The molecule has 0 saturated carbocycles. The lowest BCUT2D eigenvalue weighted by molar-refractivity contribution is -0.141. The molecule has 0 radical (unpaired) electrons. The molecule has 0 aromatic carbocycles. The van der Waals surface area contributed by atoms with Crippen molar-refractivity contribution in [3.8, 4) is 6.07 Å². The SMILES string of the molecule is CC1(C)CC(=O)N(Cc2cn3ccccc3c2C#N)C1=O. The Morgan fingerprint density at radius 1 is 1.33 bits per heavy atom. The number of carbonyl (C=O) groups excluding carboxylic acids is 2. The van der Waals surface area contributed by atoms with Crippen LogP contribution in [0.25, 0.3) is 5.52 Å². The van der Waals surface area contributed by atoms with E-state index in [1.54, 1.807) is 20.0 Å². The first kappa shape index (κ1) is 13.4. The molecule has 1 saturated heterocycles. The van der Waals surface area contributed by atoms with Gasteiger partial charge >= 0.3 is 0 Å². The zero-order valence-corrected chi connectivity index (χ0v) is 12.0. The van der Waals surface area contributed by atoms with Crippen LogP contribution >= 0.6 is 0 Å². The average molecular weight is 281 g/mol. The van der Waals surface area contributed by atoms with Gasteiger partial charge in [0.25, 0.3) is 0 Å². The van der Waals surface area contributed by atoms with Crippen molar-refractivity contribution in [2.75, 3.05) is 0 Å². The highest BCUT2D eigenvalue weighted by Gasteiger charge is 2.44. The van der Waals surface area contributed by atoms with Crippen molar-refractivity contribution in [3.05, 3.63) is 41.7 Å². The molecule has 106 valence electrons. The molecular formula is C16H15N3O2. The molecule has 0 atom stereocenters. The molecule has 1 aliphatic heterocycles. The van der Waals surface area contributed by atoms with E-state index in [2.05, 4.69) is 6.07 Å². The van der Waals surface area contributed by atoms with Crippen LogP contribution in [0.15, 0.2) is 30.6 Å². The van der Waals surface area contributed by atoms with Gasteiger partial charge in [0, 0.05) is 24.4 Å². The predicted molar refractivity (Wildman–Crippen MR) is 76.1 cm³/mol. The van der Waals surface area contributed by atoms with E-state index >= 15 is 0 Å². The summed E-state index contributed by atoms with van der Waals surface area (Å²) in [5.41, 5.74) is 1.35. The summed E-state index contributed by atoms with van der Waals surface area (Å²) >= 11 is 0. The lowest BCUT2D eigenvalue weighted by atomic mass is 9.92. The average Bonchev–Trinajstić information content (AvgIpc) is 2.88. The van der Waals surface area contributed by atoms with Gasteiger partial charge in [-0.25, -0.2) is 0 Å². The van der Waals surface area contributed by atoms with Crippen LogP contribution in [0, 0.1) is 16.7 Å². The molecule has 3 heterocycles. The second-order valence-corrected chi connectivity index (χ2v) is 5.98. The summed E-state index contributed by atoms with van der Waals surface area (Å²) in [6, 6.07) is 7.74. The van der Waals surface area contributed by atoms with Crippen LogP contribution in [-0.4, -0.2) is 21.1 Å². The topological polar surface area (TPSA) is 65.6 Å². The van der Waals surface area contributed by atoms with E-state index < -0.39 is 5.41 Å². The largest absolute Gasteiger partial charge is 0.322 e. The molecule has 1 aliphatic rings. The lowest BCUT2D eigenvalue weighted by Gasteiger charge is -2.17. The molecule has 21 heavy (non-hydrogen) atoms. The standard InChI is InChI=1S/C16H15N3O2/c1-16(2)7-14(20)19(15(16)21)10-11-9-18-6-4-3-5-13(18)12(11)8-17/h3-6,9H,7,10H2,1-2H3. The minimum atomic E-state index is -0.650. The van der Waals surface area contributed by atoms with Gasteiger partial charge in [-0.2, -0.15) is 5.26 Å². The van der Waals surface area contributed by atoms with E-state index in [9.17, 15) is 14.9 Å². The fourth-order valence-electron chi connectivity index (χ4n) is 2.78. The quantitative estimate of drug-likeness (QED) is 0.792. The molecule has 5 nitrogen and oxygen atoms in total. The number of imide groups is 1. The van der Waals surface area contributed by atoms with Crippen molar-refractivity contribution in [1.29, 1.82) is 5.26 Å². The van der Waals surface area contributed by atoms with Crippen molar-refractivity contribution in [3.63, 3.8) is 0 Å². The predicted octanol–water partition coefficient (Wildman–Crippen LogP) is 2.10. The van der Waals surface area contributed by atoms with Gasteiger partial charge in [-0.15, -0.1) is 0 Å². The molecule has 3 rings (SSSR count). The van der Waals surface area contributed by atoms with Crippen molar-refractivity contribution in [1.82, 2.24) is 9.30 Å². The van der Waals surface area contributed by atoms with Gasteiger partial charge in [0.2, 0.25) is 11.8 Å². The zero-order valence-electron chi connectivity index (χ0n) is 12.0. The number of amides is 2. The number of nitrogens with zero attached hydrogens (tertiary/aromatic N) is 3. The maximum absolute atomic E-state index is 12.3. The molecule has 2 aromatic rings. The summed E-state index contributed by atoms with van der Waals surface area (Å²) in [6.45, 7) is 3.70. The van der Waals surface area contributed by atoms with Crippen LogP contribution in [-0.2, 0) is 16.1 Å². The number of rotatable bonds is 2. The van der Waals surface area contributed by atoms with Crippen molar-refractivity contribution in [2.45, 2.75) is 26.8 Å². The summed E-state index contributed by atoms with van der Waals surface area (Å²) in [7, 11) is 0. The first-order valence-corrected chi connectivity index (χ1v) is 6.77. The number of hydrogen-bond donors (Lipinski definition) is 0. The van der Waals surface area contributed by atoms with Gasteiger partial charge in [0.1, 0.15) is 6.07 Å². The molecule has 0 unspecified atom stereocenters. The van der Waals surface area contributed by atoms with Crippen LogP contribution in [0.1, 0.15) is 31.4 Å². The summed E-state index contributed by atoms with van der Waals surface area (Å²) in [5.74, 6) is -0.351. The Morgan fingerprint density at radius 3 is 2.71 bits per heavy atom. The number of pyridine rings is 1. The molecule has 0 aliphatic carbocycles. The minimum Gasteiger partial charge on any atom is -0.322 e. The smallest absolute Gasteiger partial charge is 0.235 e. The number of likely N-dealkylation sites (tertiary alicyclic amines) is 1. The molecule has 2 amide bonds. The van der Waals surface area contributed by atoms with Crippen LogP contribution < -0.4 is 0 Å². The molecule has 5 heteroatoms. The normalized spacial score (nSPS) is 17.5. The Bertz CT molecular complexity index is 795. The van der Waals surface area contributed by atoms with Gasteiger partial charge in [-0.1, -0.05) is 19.9 Å². The Balaban J connectivity index is 2.01. The summed E-state index contributed by atoms with van der Waals surface area (Å²) in [4.78, 5) is 25.6. The summed E-state index contributed by atoms with van der Waals surface area (Å²) in [6.07, 6.45) is 3.87. The Labute approximate surface area is 122 Å². The monoisotopic (exact) mass is 281 g/mol. The summed E-state index contributed by atoms with van der Waals surface area (Å²) < 4.78 is 1.84. The number of nitriles is 1. The number of carbonyl (C=O) groups is 2. The van der Waals surface area contributed by atoms with Gasteiger partial charge < -0.3 is 4.40 Å². The molecule has 0 bridgehead atoms. The summed E-state index contributed by atoms with van der Waals surface area (Å²) in [5, 5.41) is 9.36. The second-order valence-electron chi connectivity index (χ2n) is 5.98. The van der Waals surface area contributed by atoms with Crippen LogP contribution in [0.3, 0.4) is 0 Å². The first-order valence-electron chi connectivity index (χ1n) is 6.77. The maximum Gasteiger partial charge on any atom is 0.235 e. The van der Waals surface area contributed by atoms with Crippen LogP contribution in [0.5, 0.6) is 0 Å². The highest BCUT2D eigenvalue weighted by molar-refractivity contribution is 6.05. The number of aromatic nitrogens is 1. The van der Waals surface area contributed by atoms with Crippen molar-refractivity contribution >= 4 is 17.3 Å². The third-order valence-electron chi connectivity index (χ3n) is 3.92. The first-order chi connectivity index (χ1) is 9.94. The Hall–Kier alpha value is -2.61. The van der Waals surface area contributed by atoms with E-state index in [-0.39, 0.29) is 24.8 Å². The van der Waals surface area contributed by atoms with Crippen molar-refractivity contribution in [2.24, 2.45) is 5.41 Å². The van der Waals surface area contributed by atoms with E-state index in [4.69, 9.17) is 0 Å². The Morgan fingerprint density at radius 2 is 2.10 bits per heavy atom. The van der Waals surface area contributed by atoms with E-state index in [1.165, 1.54) is 4.90 Å². The number of fused-ring (bicyclic) bond motifs is 1. The minimum absolute atomic E-state index is 0.158. The van der Waals surface area contributed by atoms with E-state index in [0.29, 0.717) is 11.1 Å². The van der Waals surface area contributed by atoms with Crippen LogP contribution in [0.2, 0.25) is 0 Å². The highest BCUT2D eigenvalue weighted by atomic mass is 16.2. The van der Waals surface area contributed by atoms with Gasteiger partial charge in [0.15, 0.2) is 0 Å². The molecule has 1 fully saturated rings. The molecule has 2 aromatic heterocycles. The Kier molecular flexibility index (Phi) is 2.84. The third kappa shape index (κ3) is 2.00. The maximum atomic E-state index is 12.3. The van der Waals surface area contributed by atoms with Gasteiger partial charge in [0.05, 0.1) is 23.0 Å². The molecule has 0 spiro atoms. The molecular weight excluding hydrogens is 266 g/mol. The third-order valence-corrected chi connectivity index (χ3v) is 3.92. The fourth-order valence-corrected chi connectivity index (χ4v) is 2.78. The van der Waals surface area contributed by atoms with Crippen molar-refractivity contribution < 1.29 is 9.59 Å². The second kappa shape index (κ2) is 4.45. The molecule has 0 N–H and O–H groups in total. The number of hydrogen-bond acceptors (Lipinski definition) is 3. The van der Waals surface area contributed by atoms with E-state index in [1.807, 2.05) is 28.8 Å². The van der Waals surface area contributed by atoms with Gasteiger partial charge in [-0.05, 0) is 12.1 Å². The highest BCUT2D eigenvalue weighted by Crippen LogP contribution is 2.33. The lowest BCUT2D eigenvalue weighted by Crippen LogP contribution is -2.32. The zero-order chi connectivity index (χ0) is 15.2. The van der Waals surface area contributed by atoms with E-state index in [0.717, 1.165) is 5.52 Å². The van der Waals surface area contributed by atoms with Gasteiger partial charge in [-0.3, -0.25) is 14.5 Å².